The zero-order chi connectivity index (χ0) is 16.9. The van der Waals surface area contributed by atoms with E-state index >= 15 is 0 Å². The molecule has 0 fully saturated rings. The minimum absolute atomic E-state index is 0.428. The Balaban J connectivity index is 1.68. The molecular weight excluding hydrogens is 306 g/mol. The predicted molar refractivity (Wildman–Crippen MR) is 93.2 cm³/mol. The normalized spacial score (nSPS) is 10.8. The monoisotopic (exact) mass is 324 g/mol. The molecule has 3 aromatic carbocycles. The quantitative estimate of drug-likeness (QED) is 0.519. The van der Waals surface area contributed by atoms with Crippen molar-refractivity contribution in [2.75, 3.05) is 0 Å². The second-order valence-corrected chi connectivity index (χ2v) is 5.71. The van der Waals surface area contributed by atoms with Gasteiger partial charge in [0, 0.05) is 0 Å². The van der Waals surface area contributed by atoms with Gasteiger partial charge < -0.3 is 4.74 Å². The molecule has 3 heteroatoms. The number of hydrogen-bond donors (Lipinski definition) is 0. The highest BCUT2D eigenvalue weighted by molar-refractivity contribution is 5.84. The topological polar surface area (TPSA) is 9.23 Å². The first kappa shape index (κ1) is 16.2. The molecule has 3 rings (SSSR count). The Labute approximate surface area is 140 Å². The van der Waals surface area contributed by atoms with Crippen LogP contribution in [0.3, 0.4) is 0 Å². The molecule has 0 aliphatic rings. The first-order valence-corrected chi connectivity index (χ1v) is 7.86. The average Bonchev–Trinajstić information content (AvgIpc) is 2.60. The van der Waals surface area contributed by atoms with Crippen LogP contribution in [0.4, 0.5) is 8.78 Å². The van der Waals surface area contributed by atoms with Gasteiger partial charge in [0.2, 0.25) is 0 Å². The summed E-state index contributed by atoms with van der Waals surface area (Å²) >= 11 is 0. The first-order valence-electron chi connectivity index (χ1n) is 7.86. The summed E-state index contributed by atoms with van der Waals surface area (Å²) in [5.74, 6) is -1.06. The Kier molecular flexibility index (Phi) is 4.90. The van der Waals surface area contributed by atoms with Gasteiger partial charge in [0.15, 0.2) is 11.6 Å². The molecule has 0 aromatic heterocycles. The Morgan fingerprint density at radius 3 is 2.21 bits per heavy atom. The molecule has 1 nitrogen and oxygen atoms in total. The van der Waals surface area contributed by atoms with Gasteiger partial charge in [-0.2, -0.15) is 0 Å². The molecule has 0 atom stereocenters. The summed E-state index contributed by atoms with van der Waals surface area (Å²) in [4.78, 5) is 0. The van der Waals surface area contributed by atoms with Crippen LogP contribution in [0, 0.1) is 11.6 Å². The summed E-state index contributed by atoms with van der Waals surface area (Å²) in [5, 5.41) is 1.26. The standard InChI is InChI=1S/C21H18F2O/c1-2-3-4-15-5-7-16(8-6-15)14-24-19-10-9-17-12-20(22)21(23)13-18(17)11-19/h2,5-13H,1,3-4,14H2. The Morgan fingerprint density at radius 2 is 1.50 bits per heavy atom. The number of halogens is 2. The molecule has 0 aliphatic heterocycles. The molecule has 24 heavy (non-hydrogen) atoms. The predicted octanol–water partition coefficient (Wildman–Crippen LogP) is 5.82. The highest BCUT2D eigenvalue weighted by atomic mass is 19.2. The van der Waals surface area contributed by atoms with E-state index in [-0.39, 0.29) is 0 Å². The fourth-order valence-electron chi connectivity index (χ4n) is 2.55. The highest BCUT2D eigenvalue weighted by Crippen LogP contribution is 2.24. The van der Waals surface area contributed by atoms with E-state index in [4.69, 9.17) is 4.74 Å². The molecule has 0 saturated carbocycles. The van der Waals surface area contributed by atoms with Crippen LogP contribution in [0.2, 0.25) is 0 Å². The number of ether oxygens (including phenoxy) is 1. The van der Waals surface area contributed by atoms with Crippen molar-refractivity contribution < 1.29 is 13.5 Å². The van der Waals surface area contributed by atoms with Crippen LogP contribution in [-0.2, 0) is 13.0 Å². The molecule has 0 unspecified atom stereocenters. The molecule has 0 amide bonds. The fourth-order valence-corrected chi connectivity index (χ4v) is 2.55. The van der Waals surface area contributed by atoms with Crippen LogP contribution in [0.1, 0.15) is 17.5 Å². The summed E-state index contributed by atoms with van der Waals surface area (Å²) in [6.45, 7) is 4.15. The number of aryl methyl sites for hydroxylation is 1. The largest absolute Gasteiger partial charge is 0.489 e. The maximum absolute atomic E-state index is 13.3. The highest BCUT2D eigenvalue weighted by Gasteiger charge is 2.05. The van der Waals surface area contributed by atoms with Crippen molar-refractivity contribution in [2.45, 2.75) is 19.4 Å². The van der Waals surface area contributed by atoms with Gasteiger partial charge in [-0.05, 0) is 59.0 Å². The van der Waals surface area contributed by atoms with Crippen molar-refractivity contribution in [3.8, 4) is 5.75 Å². The van der Waals surface area contributed by atoms with E-state index in [9.17, 15) is 8.78 Å². The first-order chi connectivity index (χ1) is 11.7. The van der Waals surface area contributed by atoms with Crippen molar-refractivity contribution in [3.63, 3.8) is 0 Å². The Hall–Kier alpha value is -2.68. The molecule has 0 aliphatic carbocycles. The smallest absolute Gasteiger partial charge is 0.159 e. The summed E-state index contributed by atoms with van der Waals surface area (Å²) in [5.41, 5.74) is 2.32. The van der Waals surface area contributed by atoms with E-state index in [1.807, 2.05) is 18.2 Å². The van der Waals surface area contributed by atoms with Crippen LogP contribution in [0.25, 0.3) is 10.8 Å². The van der Waals surface area contributed by atoms with Crippen LogP contribution in [0.15, 0.2) is 67.3 Å². The minimum atomic E-state index is -0.852. The van der Waals surface area contributed by atoms with E-state index in [0.29, 0.717) is 23.1 Å². The van der Waals surface area contributed by atoms with Gasteiger partial charge in [-0.1, -0.05) is 36.4 Å². The molecule has 3 aromatic rings. The molecule has 0 bridgehead atoms. The molecule has 0 N–H and O–H groups in total. The zero-order valence-corrected chi connectivity index (χ0v) is 13.3. The number of hydrogen-bond acceptors (Lipinski definition) is 1. The van der Waals surface area contributed by atoms with Crippen molar-refractivity contribution >= 4 is 10.8 Å². The van der Waals surface area contributed by atoms with Gasteiger partial charge in [-0.3, -0.25) is 0 Å². The third-order valence-corrected chi connectivity index (χ3v) is 3.92. The van der Waals surface area contributed by atoms with Crippen LogP contribution >= 0.6 is 0 Å². The number of benzene rings is 3. The van der Waals surface area contributed by atoms with Crippen LogP contribution < -0.4 is 4.74 Å². The third-order valence-electron chi connectivity index (χ3n) is 3.92. The lowest BCUT2D eigenvalue weighted by Crippen LogP contribution is -1.96. The summed E-state index contributed by atoms with van der Waals surface area (Å²) in [6, 6.07) is 15.8. The Morgan fingerprint density at radius 1 is 0.833 bits per heavy atom. The van der Waals surface area contributed by atoms with E-state index in [2.05, 4.69) is 18.7 Å². The third kappa shape index (κ3) is 3.80. The van der Waals surface area contributed by atoms with Crippen LogP contribution in [0.5, 0.6) is 5.75 Å². The SMILES string of the molecule is C=CCCc1ccc(COc2ccc3cc(F)c(F)cc3c2)cc1. The lowest BCUT2D eigenvalue weighted by Gasteiger charge is -2.08. The summed E-state index contributed by atoms with van der Waals surface area (Å²) in [6.07, 6.45) is 3.85. The lowest BCUT2D eigenvalue weighted by molar-refractivity contribution is 0.306. The Bertz CT molecular complexity index is 854. The lowest BCUT2D eigenvalue weighted by atomic mass is 10.1. The zero-order valence-electron chi connectivity index (χ0n) is 13.3. The van der Waals surface area contributed by atoms with E-state index in [1.165, 1.54) is 17.7 Å². The van der Waals surface area contributed by atoms with E-state index < -0.39 is 11.6 Å². The van der Waals surface area contributed by atoms with Crippen molar-refractivity contribution in [3.05, 3.63) is 90.0 Å². The van der Waals surface area contributed by atoms with Gasteiger partial charge in [0.1, 0.15) is 12.4 Å². The molecule has 0 radical (unpaired) electrons. The van der Waals surface area contributed by atoms with Crippen molar-refractivity contribution in [1.82, 2.24) is 0 Å². The van der Waals surface area contributed by atoms with Gasteiger partial charge in [-0.25, -0.2) is 8.78 Å². The van der Waals surface area contributed by atoms with E-state index in [0.717, 1.165) is 18.4 Å². The molecular formula is C21H18F2O. The van der Waals surface area contributed by atoms with Crippen molar-refractivity contribution in [2.24, 2.45) is 0 Å². The summed E-state index contributed by atoms with van der Waals surface area (Å²) < 4.78 is 32.3. The van der Waals surface area contributed by atoms with Crippen molar-refractivity contribution in [1.29, 1.82) is 0 Å². The van der Waals surface area contributed by atoms with Crippen LogP contribution in [-0.4, -0.2) is 0 Å². The molecule has 0 saturated heterocycles. The fraction of sp³-hybridized carbons (Fsp3) is 0.143. The maximum Gasteiger partial charge on any atom is 0.159 e. The summed E-state index contributed by atoms with van der Waals surface area (Å²) in [7, 11) is 0. The number of allylic oxidation sites excluding steroid dienone is 1. The van der Waals surface area contributed by atoms with Gasteiger partial charge in [-0.15, -0.1) is 6.58 Å². The average molecular weight is 324 g/mol. The van der Waals surface area contributed by atoms with Gasteiger partial charge >= 0.3 is 0 Å². The second-order valence-electron chi connectivity index (χ2n) is 5.71. The number of fused-ring (bicyclic) bond motifs is 1. The van der Waals surface area contributed by atoms with E-state index in [1.54, 1.807) is 18.2 Å². The second kappa shape index (κ2) is 7.26. The van der Waals surface area contributed by atoms with Gasteiger partial charge in [0.05, 0.1) is 0 Å². The number of rotatable bonds is 6. The molecule has 0 spiro atoms. The molecule has 122 valence electrons. The van der Waals surface area contributed by atoms with Gasteiger partial charge in [0.25, 0.3) is 0 Å². The molecule has 0 heterocycles. The minimum Gasteiger partial charge on any atom is -0.489 e. The maximum atomic E-state index is 13.3.